The van der Waals surface area contributed by atoms with Gasteiger partial charge < -0.3 is 5.11 Å². The fourth-order valence-electron chi connectivity index (χ4n) is 1.55. The number of phenolic OH excluding ortho intramolecular Hbond substituents is 1. The van der Waals surface area contributed by atoms with Crippen molar-refractivity contribution in [1.29, 1.82) is 0 Å². The minimum atomic E-state index is -0.363. The van der Waals surface area contributed by atoms with Crippen LogP contribution < -0.4 is 0 Å². The van der Waals surface area contributed by atoms with E-state index in [0.717, 1.165) is 5.56 Å². The molecule has 16 heavy (non-hydrogen) atoms. The van der Waals surface area contributed by atoms with Gasteiger partial charge in [-0.05, 0) is 48.4 Å². The van der Waals surface area contributed by atoms with Crippen molar-refractivity contribution in [2.75, 3.05) is 0 Å². The van der Waals surface area contributed by atoms with E-state index in [9.17, 15) is 9.50 Å². The van der Waals surface area contributed by atoms with Crippen molar-refractivity contribution in [3.63, 3.8) is 0 Å². The average Bonchev–Trinajstić information content (AvgIpc) is 2.22. The topological polar surface area (TPSA) is 20.2 Å². The van der Waals surface area contributed by atoms with Crippen LogP contribution in [0.1, 0.15) is 5.56 Å². The van der Waals surface area contributed by atoms with Crippen molar-refractivity contribution in [2.24, 2.45) is 0 Å². The summed E-state index contributed by atoms with van der Waals surface area (Å²) in [5.74, 6) is -0.157. The zero-order chi connectivity index (χ0) is 11.7. The Morgan fingerprint density at radius 2 is 1.88 bits per heavy atom. The van der Waals surface area contributed by atoms with E-state index in [2.05, 4.69) is 0 Å². The van der Waals surface area contributed by atoms with Crippen LogP contribution in [0.5, 0.6) is 5.75 Å². The fourth-order valence-corrected chi connectivity index (χ4v) is 1.71. The van der Waals surface area contributed by atoms with Crippen LogP contribution >= 0.6 is 11.6 Å². The van der Waals surface area contributed by atoms with Crippen LogP contribution in [0, 0.1) is 12.7 Å². The Bertz CT molecular complexity index is 537. The lowest BCUT2D eigenvalue weighted by Crippen LogP contribution is -1.85. The summed E-state index contributed by atoms with van der Waals surface area (Å²) in [6.07, 6.45) is 0. The summed E-state index contributed by atoms with van der Waals surface area (Å²) in [7, 11) is 0. The van der Waals surface area contributed by atoms with Crippen molar-refractivity contribution >= 4 is 11.6 Å². The molecule has 2 aromatic carbocycles. The number of aryl methyl sites for hydroxylation is 1. The number of aromatic hydroxyl groups is 1. The summed E-state index contributed by atoms with van der Waals surface area (Å²) in [6, 6.07) is 9.51. The highest BCUT2D eigenvalue weighted by Gasteiger charge is 2.06. The van der Waals surface area contributed by atoms with E-state index in [4.69, 9.17) is 11.6 Å². The first-order valence-corrected chi connectivity index (χ1v) is 5.21. The summed E-state index contributed by atoms with van der Waals surface area (Å²) in [5.41, 5.74) is 1.92. The zero-order valence-corrected chi connectivity index (χ0v) is 9.42. The monoisotopic (exact) mass is 236 g/mol. The molecule has 0 saturated heterocycles. The van der Waals surface area contributed by atoms with Gasteiger partial charge in [0.05, 0.1) is 0 Å². The highest BCUT2D eigenvalue weighted by molar-refractivity contribution is 6.30. The van der Waals surface area contributed by atoms with Gasteiger partial charge in [-0.25, -0.2) is 4.39 Å². The first kappa shape index (κ1) is 11.0. The summed E-state index contributed by atoms with van der Waals surface area (Å²) in [5, 5.41) is 9.76. The first-order chi connectivity index (χ1) is 7.58. The molecule has 0 aliphatic rings. The molecule has 1 nitrogen and oxygen atoms in total. The van der Waals surface area contributed by atoms with Crippen LogP contribution in [0.4, 0.5) is 4.39 Å². The number of halogens is 2. The summed E-state index contributed by atoms with van der Waals surface area (Å²) >= 11 is 5.68. The molecule has 3 heteroatoms. The minimum Gasteiger partial charge on any atom is -0.508 e. The highest BCUT2D eigenvalue weighted by Crippen LogP contribution is 2.28. The Morgan fingerprint density at radius 3 is 2.50 bits per heavy atom. The Morgan fingerprint density at radius 1 is 1.12 bits per heavy atom. The molecular formula is C13H10ClFO. The minimum absolute atomic E-state index is 0.207. The quantitative estimate of drug-likeness (QED) is 0.788. The maximum Gasteiger partial charge on any atom is 0.132 e. The molecule has 2 aromatic rings. The van der Waals surface area contributed by atoms with E-state index in [-0.39, 0.29) is 11.6 Å². The first-order valence-electron chi connectivity index (χ1n) is 4.83. The van der Waals surface area contributed by atoms with Gasteiger partial charge >= 0.3 is 0 Å². The predicted molar refractivity (Wildman–Crippen MR) is 63.2 cm³/mol. The van der Waals surface area contributed by atoms with Crippen molar-refractivity contribution in [2.45, 2.75) is 6.92 Å². The van der Waals surface area contributed by atoms with Gasteiger partial charge in [0.1, 0.15) is 11.6 Å². The van der Waals surface area contributed by atoms with Gasteiger partial charge in [0.15, 0.2) is 0 Å². The van der Waals surface area contributed by atoms with E-state index >= 15 is 0 Å². The smallest absolute Gasteiger partial charge is 0.132 e. The number of hydrogen-bond donors (Lipinski definition) is 1. The van der Waals surface area contributed by atoms with E-state index in [1.54, 1.807) is 37.3 Å². The Hall–Kier alpha value is -1.54. The SMILES string of the molecule is Cc1cc(-c2ccc(Cl)cc2F)ccc1O. The van der Waals surface area contributed by atoms with Crippen molar-refractivity contribution in [1.82, 2.24) is 0 Å². The maximum atomic E-state index is 13.6. The number of benzene rings is 2. The third kappa shape index (κ3) is 2.02. The molecule has 0 spiro atoms. The highest BCUT2D eigenvalue weighted by atomic mass is 35.5. The summed E-state index contributed by atoms with van der Waals surface area (Å²) < 4.78 is 13.6. The lowest BCUT2D eigenvalue weighted by Gasteiger charge is -2.06. The lowest BCUT2D eigenvalue weighted by molar-refractivity contribution is 0.471. The van der Waals surface area contributed by atoms with Gasteiger partial charge in [0.2, 0.25) is 0 Å². The standard InChI is InChI=1S/C13H10ClFO/c1-8-6-9(2-5-13(8)16)11-4-3-10(14)7-12(11)15/h2-7,16H,1H3. The van der Waals surface area contributed by atoms with E-state index in [1.165, 1.54) is 6.07 Å². The van der Waals surface area contributed by atoms with Crippen LogP contribution in [0.25, 0.3) is 11.1 Å². The molecule has 0 aromatic heterocycles. The lowest BCUT2D eigenvalue weighted by atomic mass is 10.0. The predicted octanol–water partition coefficient (Wildman–Crippen LogP) is 4.16. The maximum absolute atomic E-state index is 13.6. The second-order valence-corrected chi connectivity index (χ2v) is 4.06. The molecule has 0 radical (unpaired) electrons. The van der Waals surface area contributed by atoms with Crippen LogP contribution in [0.2, 0.25) is 5.02 Å². The molecule has 0 unspecified atom stereocenters. The van der Waals surface area contributed by atoms with Gasteiger partial charge in [-0.2, -0.15) is 0 Å². The fraction of sp³-hybridized carbons (Fsp3) is 0.0769. The third-order valence-corrected chi connectivity index (χ3v) is 2.67. The van der Waals surface area contributed by atoms with Crippen molar-refractivity contribution in [3.8, 4) is 16.9 Å². The number of rotatable bonds is 1. The van der Waals surface area contributed by atoms with E-state index in [0.29, 0.717) is 16.1 Å². The van der Waals surface area contributed by atoms with Gasteiger partial charge in [0.25, 0.3) is 0 Å². The third-order valence-electron chi connectivity index (χ3n) is 2.44. The molecule has 0 fully saturated rings. The molecule has 0 amide bonds. The van der Waals surface area contributed by atoms with Crippen LogP contribution in [-0.2, 0) is 0 Å². The van der Waals surface area contributed by atoms with E-state index < -0.39 is 0 Å². The summed E-state index contributed by atoms with van der Waals surface area (Å²) in [4.78, 5) is 0. The number of phenols is 1. The Labute approximate surface area is 98.1 Å². The second kappa shape index (κ2) is 4.14. The molecule has 0 bridgehead atoms. The molecule has 0 saturated carbocycles. The number of hydrogen-bond acceptors (Lipinski definition) is 1. The Balaban J connectivity index is 2.54. The molecule has 2 rings (SSSR count). The van der Waals surface area contributed by atoms with Crippen molar-refractivity contribution in [3.05, 3.63) is 52.8 Å². The molecule has 82 valence electrons. The van der Waals surface area contributed by atoms with Gasteiger partial charge in [-0.15, -0.1) is 0 Å². The average molecular weight is 237 g/mol. The molecule has 0 aliphatic carbocycles. The van der Waals surface area contributed by atoms with E-state index in [1.807, 2.05) is 0 Å². The van der Waals surface area contributed by atoms with Crippen LogP contribution in [-0.4, -0.2) is 5.11 Å². The largest absolute Gasteiger partial charge is 0.508 e. The molecule has 0 aliphatic heterocycles. The van der Waals surface area contributed by atoms with Crippen LogP contribution in [0.3, 0.4) is 0 Å². The van der Waals surface area contributed by atoms with Gasteiger partial charge in [-0.1, -0.05) is 17.7 Å². The molecular weight excluding hydrogens is 227 g/mol. The second-order valence-electron chi connectivity index (χ2n) is 3.63. The van der Waals surface area contributed by atoms with Gasteiger partial charge in [-0.3, -0.25) is 0 Å². The zero-order valence-electron chi connectivity index (χ0n) is 8.67. The molecule has 1 N–H and O–H groups in total. The van der Waals surface area contributed by atoms with Crippen molar-refractivity contribution < 1.29 is 9.50 Å². The van der Waals surface area contributed by atoms with Gasteiger partial charge in [0, 0.05) is 10.6 Å². The Kier molecular flexibility index (Phi) is 2.84. The molecule has 0 heterocycles. The summed E-state index contributed by atoms with van der Waals surface area (Å²) in [6.45, 7) is 1.77. The molecule has 0 atom stereocenters. The van der Waals surface area contributed by atoms with Crippen LogP contribution in [0.15, 0.2) is 36.4 Å². The normalized spacial score (nSPS) is 10.4.